The number of methoxy groups -OCH3 is 1. The van der Waals surface area contributed by atoms with E-state index >= 15 is 0 Å². The zero-order valence-corrected chi connectivity index (χ0v) is 10.9. The molecule has 1 aliphatic heterocycles. The first-order chi connectivity index (χ1) is 8.30. The van der Waals surface area contributed by atoms with Gasteiger partial charge in [-0.2, -0.15) is 0 Å². The van der Waals surface area contributed by atoms with Gasteiger partial charge in [0.15, 0.2) is 11.5 Å². The molecule has 1 heterocycles. The Morgan fingerprint density at radius 2 is 2.24 bits per heavy atom. The van der Waals surface area contributed by atoms with Crippen LogP contribution in [0.2, 0.25) is 0 Å². The molecule has 1 aliphatic rings. The molecule has 1 N–H and O–H groups in total. The maximum Gasteiger partial charge on any atom is 0.165 e. The van der Waals surface area contributed by atoms with Crippen LogP contribution in [0.3, 0.4) is 0 Å². The average molecular weight is 235 g/mol. The molecule has 0 amide bonds. The molecule has 17 heavy (non-hydrogen) atoms. The molecule has 0 radical (unpaired) electrons. The Morgan fingerprint density at radius 1 is 1.41 bits per heavy atom. The fourth-order valence-corrected chi connectivity index (χ4v) is 2.34. The summed E-state index contributed by atoms with van der Waals surface area (Å²) in [6, 6.07) is 4.71. The van der Waals surface area contributed by atoms with Gasteiger partial charge in [-0.05, 0) is 24.6 Å². The van der Waals surface area contributed by atoms with E-state index in [1.165, 1.54) is 11.1 Å². The van der Waals surface area contributed by atoms with Crippen LogP contribution in [0.15, 0.2) is 12.1 Å². The van der Waals surface area contributed by atoms with Gasteiger partial charge in [0.25, 0.3) is 0 Å². The van der Waals surface area contributed by atoms with Gasteiger partial charge >= 0.3 is 0 Å². The molecular weight excluding hydrogens is 214 g/mol. The third-order valence-corrected chi connectivity index (χ3v) is 3.25. The first-order valence-electron chi connectivity index (χ1n) is 6.37. The van der Waals surface area contributed by atoms with E-state index in [1.807, 2.05) is 0 Å². The van der Waals surface area contributed by atoms with E-state index < -0.39 is 0 Å². The summed E-state index contributed by atoms with van der Waals surface area (Å²) in [5.74, 6) is 1.78. The van der Waals surface area contributed by atoms with E-state index in [0.29, 0.717) is 6.04 Å². The first-order valence-corrected chi connectivity index (χ1v) is 6.37. The van der Waals surface area contributed by atoms with E-state index in [1.54, 1.807) is 7.11 Å². The molecule has 2 rings (SSSR count). The smallest absolute Gasteiger partial charge is 0.165 e. The van der Waals surface area contributed by atoms with Gasteiger partial charge in [0, 0.05) is 18.0 Å². The van der Waals surface area contributed by atoms with Crippen molar-refractivity contribution in [1.82, 2.24) is 5.32 Å². The van der Waals surface area contributed by atoms with Crippen LogP contribution in [-0.4, -0.2) is 20.3 Å². The monoisotopic (exact) mass is 235 g/mol. The van der Waals surface area contributed by atoms with Crippen LogP contribution in [0.4, 0.5) is 0 Å². The zero-order chi connectivity index (χ0) is 12.3. The van der Waals surface area contributed by atoms with Gasteiger partial charge in [0.2, 0.25) is 0 Å². The van der Waals surface area contributed by atoms with Crippen LogP contribution >= 0.6 is 0 Å². The summed E-state index contributed by atoms with van der Waals surface area (Å²) in [5, 5.41) is 3.51. The first kappa shape index (κ1) is 12.2. The molecular formula is C14H21NO2. The highest BCUT2D eigenvalue weighted by molar-refractivity contribution is 5.51. The Bertz CT molecular complexity index is 390. The standard InChI is InChI=1S/C14H21NO2/c1-4-10-8-11-12(15-5-2)6-7-17-14(11)13(9-10)16-3/h8-9,12,15H,4-7H2,1-3H3. The second-order valence-corrected chi connectivity index (χ2v) is 4.32. The molecule has 0 aliphatic carbocycles. The highest BCUT2D eigenvalue weighted by atomic mass is 16.5. The van der Waals surface area contributed by atoms with Crippen molar-refractivity contribution in [3.05, 3.63) is 23.3 Å². The third kappa shape index (κ3) is 2.39. The number of ether oxygens (including phenoxy) is 2. The van der Waals surface area contributed by atoms with E-state index in [-0.39, 0.29) is 0 Å². The number of rotatable bonds is 4. The zero-order valence-electron chi connectivity index (χ0n) is 10.9. The molecule has 3 heteroatoms. The van der Waals surface area contributed by atoms with Crippen LogP contribution in [0, 0.1) is 0 Å². The second-order valence-electron chi connectivity index (χ2n) is 4.32. The number of hydrogen-bond donors (Lipinski definition) is 1. The fraction of sp³-hybridized carbons (Fsp3) is 0.571. The SMILES string of the molecule is CCNC1CCOc2c(OC)cc(CC)cc21. The lowest BCUT2D eigenvalue weighted by molar-refractivity contribution is 0.240. The normalized spacial score (nSPS) is 18.4. The largest absolute Gasteiger partial charge is 0.493 e. The van der Waals surface area contributed by atoms with Gasteiger partial charge in [0.05, 0.1) is 13.7 Å². The van der Waals surface area contributed by atoms with Crippen molar-refractivity contribution in [1.29, 1.82) is 0 Å². The minimum atomic E-state index is 0.393. The Hall–Kier alpha value is -1.22. The minimum absolute atomic E-state index is 0.393. The number of benzene rings is 1. The van der Waals surface area contributed by atoms with Gasteiger partial charge < -0.3 is 14.8 Å². The van der Waals surface area contributed by atoms with Crippen LogP contribution in [-0.2, 0) is 6.42 Å². The molecule has 0 saturated heterocycles. The molecule has 1 unspecified atom stereocenters. The predicted octanol–water partition coefficient (Wildman–Crippen LogP) is 2.69. The van der Waals surface area contributed by atoms with Crippen LogP contribution in [0.1, 0.15) is 37.4 Å². The van der Waals surface area contributed by atoms with E-state index in [4.69, 9.17) is 9.47 Å². The van der Waals surface area contributed by atoms with Gasteiger partial charge in [-0.3, -0.25) is 0 Å². The van der Waals surface area contributed by atoms with Crippen molar-refractivity contribution in [2.75, 3.05) is 20.3 Å². The molecule has 3 nitrogen and oxygen atoms in total. The van der Waals surface area contributed by atoms with E-state index in [2.05, 4.69) is 31.3 Å². The minimum Gasteiger partial charge on any atom is -0.493 e. The van der Waals surface area contributed by atoms with Crippen molar-refractivity contribution >= 4 is 0 Å². The maximum absolute atomic E-state index is 5.76. The molecule has 0 saturated carbocycles. The number of aryl methyl sites for hydroxylation is 1. The van der Waals surface area contributed by atoms with Gasteiger partial charge in [-0.1, -0.05) is 19.9 Å². The van der Waals surface area contributed by atoms with Crippen LogP contribution in [0.5, 0.6) is 11.5 Å². The van der Waals surface area contributed by atoms with Gasteiger partial charge in [-0.25, -0.2) is 0 Å². The van der Waals surface area contributed by atoms with Crippen LogP contribution in [0.25, 0.3) is 0 Å². The molecule has 0 aromatic heterocycles. The highest BCUT2D eigenvalue weighted by Crippen LogP contribution is 2.40. The van der Waals surface area contributed by atoms with Crippen molar-refractivity contribution in [2.24, 2.45) is 0 Å². The highest BCUT2D eigenvalue weighted by Gasteiger charge is 2.24. The van der Waals surface area contributed by atoms with Crippen molar-refractivity contribution in [3.63, 3.8) is 0 Å². The lowest BCUT2D eigenvalue weighted by Gasteiger charge is -2.28. The fourth-order valence-electron chi connectivity index (χ4n) is 2.34. The Morgan fingerprint density at radius 3 is 2.88 bits per heavy atom. The van der Waals surface area contributed by atoms with Crippen molar-refractivity contribution in [2.45, 2.75) is 32.7 Å². The topological polar surface area (TPSA) is 30.5 Å². The molecule has 0 bridgehead atoms. The van der Waals surface area contributed by atoms with Crippen LogP contribution < -0.4 is 14.8 Å². The molecule has 0 spiro atoms. The number of hydrogen-bond acceptors (Lipinski definition) is 3. The molecule has 1 aromatic carbocycles. The summed E-state index contributed by atoms with van der Waals surface area (Å²) in [6.07, 6.45) is 2.04. The second kappa shape index (κ2) is 5.41. The average Bonchev–Trinajstić information content (AvgIpc) is 2.38. The van der Waals surface area contributed by atoms with Crippen molar-refractivity contribution in [3.8, 4) is 11.5 Å². The van der Waals surface area contributed by atoms with Gasteiger partial charge in [-0.15, -0.1) is 0 Å². The quantitative estimate of drug-likeness (QED) is 0.870. The number of fused-ring (bicyclic) bond motifs is 1. The van der Waals surface area contributed by atoms with Crippen molar-refractivity contribution < 1.29 is 9.47 Å². The summed E-state index contributed by atoms with van der Waals surface area (Å²) in [7, 11) is 1.70. The summed E-state index contributed by atoms with van der Waals surface area (Å²) in [5.41, 5.74) is 2.54. The predicted molar refractivity (Wildman–Crippen MR) is 68.9 cm³/mol. The Labute approximate surface area is 103 Å². The molecule has 0 fully saturated rings. The lowest BCUT2D eigenvalue weighted by atomic mass is 9.96. The molecule has 1 aromatic rings. The lowest BCUT2D eigenvalue weighted by Crippen LogP contribution is -2.27. The van der Waals surface area contributed by atoms with Gasteiger partial charge in [0.1, 0.15) is 0 Å². The number of nitrogens with one attached hydrogen (secondary N) is 1. The summed E-state index contributed by atoms with van der Waals surface area (Å²) in [6.45, 7) is 6.03. The molecule has 94 valence electrons. The third-order valence-electron chi connectivity index (χ3n) is 3.25. The summed E-state index contributed by atoms with van der Waals surface area (Å²) >= 11 is 0. The summed E-state index contributed by atoms with van der Waals surface area (Å²) < 4.78 is 11.2. The maximum atomic E-state index is 5.76. The van der Waals surface area contributed by atoms with E-state index in [9.17, 15) is 0 Å². The Balaban J connectivity index is 2.43. The summed E-state index contributed by atoms with van der Waals surface area (Å²) in [4.78, 5) is 0. The molecule has 1 atom stereocenters. The van der Waals surface area contributed by atoms with E-state index in [0.717, 1.165) is 37.5 Å². The Kier molecular flexibility index (Phi) is 3.89.